The van der Waals surface area contributed by atoms with E-state index < -0.39 is 14.6 Å². The van der Waals surface area contributed by atoms with E-state index >= 15 is 0 Å². The number of hydrogen-bond donors (Lipinski definition) is 2. The summed E-state index contributed by atoms with van der Waals surface area (Å²) in [7, 11) is -1.39. The summed E-state index contributed by atoms with van der Waals surface area (Å²) >= 11 is 0. The molecule has 0 heterocycles. The van der Waals surface area contributed by atoms with E-state index in [0.717, 1.165) is 19.4 Å². The van der Waals surface area contributed by atoms with Crippen LogP contribution in [0, 0.1) is 5.92 Å². The Kier molecular flexibility index (Phi) is 8.16. The quantitative estimate of drug-likeness (QED) is 0.556. The highest BCUT2D eigenvalue weighted by atomic mass is 32.2. The smallest absolute Gasteiger partial charge is 0.191 e. The van der Waals surface area contributed by atoms with Gasteiger partial charge >= 0.3 is 0 Å². The highest BCUT2D eigenvalue weighted by Crippen LogP contribution is 2.15. The predicted octanol–water partition coefficient (Wildman–Crippen LogP) is 1.80. The normalized spacial score (nSPS) is 13.7. The van der Waals surface area contributed by atoms with Gasteiger partial charge in [-0.1, -0.05) is 26.7 Å². The molecule has 0 fully saturated rings. The van der Waals surface area contributed by atoms with Crippen molar-refractivity contribution in [1.29, 1.82) is 0 Å². The van der Waals surface area contributed by atoms with E-state index in [1.165, 1.54) is 0 Å². The Bertz CT molecular complexity index is 393. The Balaban J connectivity index is 4.23. The van der Waals surface area contributed by atoms with Crippen LogP contribution >= 0.6 is 0 Å². The second-order valence-electron chi connectivity index (χ2n) is 5.99. The Hall–Kier alpha value is -0.780. The van der Waals surface area contributed by atoms with Gasteiger partial charge in [0.2, 0.25) is 0 Å². The van der Waals surface area contributed by atoms with Gasteiger partial charge in [-0.25, -0.2) is 8.42 Å². The molecule has 0 aliphatic rings. The lowest BCUT2D eigenvalue weighted by Crippen LogP contribution is -2.43. The van der Waals surface area contributed by atoms with Gasteiger partial charge in [0.25, 0.3) is 0 Å². The van der Waals surface area contributed by atoms with Gasteiger partial charge in [0.1, 0.15) is 0 Å². The van der Waals surface area contributed by atoms with E-state index in [1.807, 2.05) is 0 Å². The molecule has 0 spiro atoms. The highest BCUT2D eigenvalue weighted by molar-refractivity contribution is 7.92. The summed E-state index contributed by atoms with van der Waals surface area (Å²) in [6.07, 6.45) is 2.25. The van der Waals surface area contributed by atoms with E-state index in [2.05, 4.69) is 29.5 Å². The SMILES string of the molecule is CCC(CC)CNC(=NC)NCCS(=O)(=O)C(C)(C)C. The molecule has 0 aromatic carbocycles. The largest absolute Gasteiger partial charge is 0.356 e. The number of rotatable bonds is 7. The maximum atomic E-state index is 12.0. The van der Waals surface area contributed by atoms with E-state index in [0.29, 0.717) is 18.4 Å². The van der Waals surface area contributed by atoms with Crippen molar-refractivity contribution in [3.05, 3.63) is 0 Å². The van der Waals surface area contributed by atoms with Gasteiger partial charge in [0.05, 0.1) is 10.5 Å². The Morgan fingerprint density at radius 3 is 2.10 bits per heavy atom. The molecule has 20 heavy (non-hydrogen) atoms. The number of nitrogens with zero attached hydrogens (tertiary/aromatic N) is 1. The molecule has 6 heteroatoms. The van der Waals surface area contributed by atoms with Crippen LogP contribution in [0.15, 0.2) is 4.99 Å². The summed E-state index contributed by atoms with van der Waals surface area (Å²) in [6.45, 7) is 10.7. The van der Waals surface area contributed by atoms with Gasteiger partial charge in [0, 0.05) is 20.1 Å². The van der Waals surface area contributed by atoms with E-state index in [4.69, 9.17) is 0 Å². The third-order valence-corrected chi connectivity index (χ3v) is 6.14. The first-order valence-electron chi connectivity index (χ1n) is 7.34. The number of nitrogens with one attached hydrogen (secondary N) is 2. The average molecular weight is 305 g/mol. The first-order valence-corrected chi connectivity index (χ1v) is 9.00. The van der Waals surface area contributed by atoms with Crippen molar-refractivity contribution in [3.63, 3.8) is 0 Å². The molecule has 0 bridgehead atoms. The molecule has 0 rings (SSSR count). The number of sulfone groups is 1. The van der Waals surface area contributed by atoms with Crippen LogP contribution in [0.1, 0.15) is 47.5 Å². The van der Waals surface area contributed by atoms with E-state index in [-0.39, 0.29) is 5.75 Å². The molecule has 0 aromatic rings. The zero-order chi connectivity index (χ0) is 15.8. The topological polar surface area (TPSA) is 70.6 Å². The van der Waals surface area contributed by atoms with Crippen molar-refractivity contribution in [3.8, 4) is 0 Å². The number of guanidine groups is 1. The van der Waals surface area contributed by atoms with Crippen LogP contribution in [-0.2, 0) is 9.84 Å². The van der Waals surface area contributed by atoms with Crippen molar-refractivity contribution in [2.75, 3.05) is 25.9 Å². The second kappa shape index (κ2) is 8.49. The van der Waals surface area contributed by atoms with E-state index in [1.54, 1.807) is 27.8 Å². The van der Waals surface area contributed by atoms with Crippen LogP contribution in [0.2, 0.25) is 0 Å². The van der Waals surface area contributed by atoms with Gasteiger partial charge in [-0.3, -0.25) is 4.99 Å². The summed E-state index contributed by atoms with van der Waals surface area (Å²) in [5.41, 5.74) is 0. The predicted molar refractivity (Wildman–Crippen MR) is 87.0 cm³/mol. The Morgan fingerprint density at radius 2 is 1.70 bits per heavy atom. The molecule has 0 amide bonds. The van der Waals surface area contributed by atoms with Gasteiger partial charge in [-0.05, 0) is 26.7 Å². The van der Waals surface area contributed by atoms with Crippen molar-refractivity contribution < 1.29 is 8.42 Å². The molecule has 0 saturated heterocycles. The van der Waals surface area contributed by atoms with Crippen LogP contribution < -0.4 is 10.6 Å². The standard InChI is InChI=1S/C14H31N3O2S/c1-7-12(8-2)11-17-13(15-6)16-9-10-20(18,19)14(3,4)5/h12H,7-11H2,1-6H3,(H2,15,16,17). The minimum absolute atomic E-state index is 0.113. The first kappa shape index (κ1) is 19.2. The Labute approximate surface area is 124 Å². The molecule has 120 valence electrons. The van der Waals surface area contributed by atoms with E-state index in [9.17, 15) is 8.42 Å². The van der Waals surface area contributed by atoms with Crippen LogP contribution in [0.5, 0.6) is 0 Å². The van der Waals surface area contributed by atoms with Crippen LogP contribution in [0.25, 0.3) is 0 Å². The van der Waals surface area contributed by atoms with Crippen LogP contribution in [0.3, 0.4) is 0 Å². The molecule has 0 unspecified atom stereocenters. The lowest BCUT2D eigenvalue weighted by molar-refractivity contribution is 0.481. The lowest BCUT2D eigenvalue weighted by atomic mass is 10.0. The molecule has 0 atom stereocenters. The van der Waals surface area contributed by atoms with Crippen molar-refractivity contribution >= 4 is 15.8 Å². The maximum Gasteiger partial charge on any atom is 0.191 e. The highest BCUT2D eigenvalue weighted by Gasteiger charge is 2.28. The maximum absolute atomic E-state index is 12.0. The first-order chi connectivity index (χ1) is 9.17. The summed E-state index contributed by atoms with van der Waals surface area (Å²) < 4.78 is 23.3. The molecular formula is C14H31N3O2S. The van der Waals surface area contributed by atoms with Crippen LogP contribution in [0.4, 0.5) is 0 Å². The minimum Gasteiger partial charge on any atom is -0.356 e. The van der Waals surface area contributed by atoms with Gasteiger partial charge in [-0.2, -0.15) is 0 Å². The molecule has 0 saturated carbocycles. The zero-order valence-corrected chi connectivity index (χ0v) is 14.6. The fraction of sp³-hybridized carbons (Fsp3) is 0.929. The number of aliphatic imine (C=N–C) groups is 1. The summed E-state index contributed by atoms with van der Waals surface area (Å²) in [6, 6.07) is 0. The molecule has 5 nitrogen and oxygen atoms in total. The second-order valence-corrected chi connectivity index (χ2v) is 8.86. The van der Waals surface area contributed by atoms with Gasteiger partial charge in [-0.15, -0.1) is 0 Å². The molecular weight excluding hydrogens is 274 g/mol. The third kappa shape index (κ3) is 6.59. The molecule has 0 radical (unpaired) electrons. The van der Waals surface area contributed by atoms with Gasteiger partial charge < -0.3 is 10.6 Å². The molecule has 0 aliphatic heterocycles. The summed E-state index contributed by atoms with van der Waals surface area (Å²) in [4.78, 5) is 4.11. The number of hydrogen-bond acceptors (Lipinski definition) is 3. The van der Waals surface area contributed by atoms with Crippen molar-refractivity contribution in [1.82, 2.24) is 10.6 Å². The lowest BCUT2D eigenvalue weighted by Gasteiger charge is -2.20. The molecule has 2 N–H and O–H groups in total. The van der Waals surface area contributed by atoms with Gasteiger partial charge in [0.15, 0.2) is 15.8 Å². The summed E-state index contributed by atoms with van der Waals surface area (Å²) in [5.74, 6) is 1.40. The van der Waals surface area contributed by atoms with Crippen molar-refractivity contribution in [2.45, 2.75) is 52.2 Å². The fourth-order valence-electron chi connectivity index (χ4n) is 1.65. The fourth-order valence-corrected chi connectivity index (χ4v) is 2.63. The molecule has 0 aromatic heterocycles. The molecule has 0 aliphatic carbocycles. The third-order valence-electron chi connectivity index (χ3n) is 3.53. The van der Waals surface area contributed by atoms with Crippen molar-refractivity contribution in [2.24, 2.45) is 10.9 Å². The zero-order valence-electron chi connectivity index (χ0n) is 13.8. The average Bonchev–Trinajstić information content (AvgIpc) is 2.36. The van der Waals surface area contributed by atoms with Crippen LogP contribution in [-0.4, -0.2) is 45.0 Å². The summed E-state index contributed by atoms with van der Waals surface area (Å²) in [5, 5.41) is 6.30. The Morgan fingerprint density at radius 1 is 1.15 bits per heavy atom. The minimum atomic E-state index is -3.09. The monoisotopic (exact) mass is 305 g/mol.